The molecule has 12 nitrogen and oxygen atoms in total. The predicted molar refractivity (Wildman–Crippen MR) is 172 cm³/mol. The van der Waals surface area contributed by atoms with Crippen LogP contribution in [0.2, 0.25) is 18.1 Å². The molecule has 47 heavy (non-hydrogen) atoms. The van der Waals surface area contributed by atoms with Gasteiger partial charge < -0.3 is 38.2 Å². The molecule has 0 spiro atoms. The minimum Gasteiger partial charge on any atom is -0.539 e. The van der Waals surface area contributed by atoms with Gasteiger partial charge in [-0.1, -0.05) is 20.8 Å². The molecular weight excluding hydrogens is 624 g/mol. The number of imide groups is 1. The van der Waals surface area contributed by atoms with Crippen LogP contribution in [0.4, 0.5) is 0 Å². The average molecular weight is 667 g/mol. The Morgan fingerprint density at radius 3 is 2.17 bits per heavy atom. The molecule has 0 saturated carbocycles. The molecule has 0 radical (unpaired) electrons. The van der Waals surface area contributed by atoms with Crippen molar-refractivity contribution in [3.05, 3.63) is 52.7 Å². The van der Waals surface area contributed by atoms with E-state index in [0.717, 1.165) is 21.6 Å². The quantitative estimate of drug-likeness (QED) is 0.222. The van der Waals surface area contributed by atoms with Gasteiger partial charge in [-0.25, -0.2) is 0 Å². The second-order valence-corrected chi connectivity index (χ2v) is 18.4. The van der Waals surface area contributed by atoms with Crippen molar-refractivity contribution < 1.29 is 47.2 Å². The lowest BCUT2D eigenvalue weighted by molar-refractivity contribution is -0.142. The van der Waals surface area contributed by atoms with Crippen molar-refractivity contribution in [2.75, 3.05) is 47.9 Å². The van der Waals surface area contributed by atoms with Crippen LogP contribution in [0.15, 0.2) is 36.0 Å². The monoisotopic (exact) mass is 666 g/mol. The van der Waals surface area contributed by atoms with Gasteiger partial charge in [0.2, 0.25) is 6.79 Å². The van der Waals surface area contributed by atoms with E-state index in [4.69, 9.17) is 32.8 Å². The smallest absolute Gasteiger partial charge is 0.310 e. The molecule has 2 amide bonds. The Kier molecular flexibility index (Phi) is 8.41. The maximum atomic E-state index is 13.6. The number of hydrogen-bond donors (Lipinski definition) is 1. The summed E-state index contributed by atoms with van der Waals surface area (Å²) in [7, 11) is 2.39. The summed E-state index contributed by atoms with van der Waals surface area (Å²) in [5.41, 5.74) is 2.51. The van der Waals surface area contributed by atoms with Gasteiger partial charge in [-0.3, -0.25) is 19.3 Å². The first-order valence-corrected chi connectivity index (χ1v) is 18.6. The van der Waals surface area contributed by atoms with Crippen LogP contribution in [0.5, 0.6) is 28.7 Å². The summed E-state index contributed by atoms with van der Waals surface area (Å²) in [5, 5.41) is 3.25. The fourth-order valence-corrected chi connectivity index (χ4v) is 7.53. The molecule has 0 aromatic heterocycles. The second kappa shape index (κ2) is 12.1. The molecule has 252 valence electrons. The number of carbonyl (C=O) groups is 3. The fraction of sp³-hybridized carbons (Fsp3) is 0.500. The molecule has 1 N–H and O–H groups in total. The van der Waals surface area contributed by atoms with Crippen LogP contribution in [0, 0.1) is 11.8 Å². The van der Waals surface area contributed by atoms with Crippen molar-refractivity contribution >= 4 is 26.1 Å². The molecule has 0 bridgehead atoms. The molecule has 3 aliphatic heterocycles. The summed E-state index contributed by atoms with van der Waals surface area (Å²) in [6.45, 7) is 11.3. The van der Waals surface area contributed by atoms with E-state index >= 15 is 0 Å². The van der Waals surface area contributed by atoms with Crippen LogP contribution in [-0.2, 0) is 23.9 Å². The molecule has 4 aliphatic rings. The zero-order valence-electron chi connectivity index (χ0n) is 28.1. The third-order valence-corrected chi connectivity index (χ3v) is 14.4. The first-order chi connectivity index (χ1) is 22.3. The summed E-state index contributed by atoms with van der Waals surface area (Å²) >= 11 is 0. The van der Waals surface area contributed by atoms with Gasteiger partial charge >= 0.3 is 5.97 Å². The van der Waals surface area contributed by atoms with E-state index in [1.54, 1.807) is 14.2 Å². The minimum absolute atomic E-state index is 0.0591. The number of carbonyl (C=O) groups excluding carboxylic acids is 3. The Bertz CT molecular complexity index is 1620. The van der Waals surface area contributed by atoms with Gasteiger partial charge in [0.1, 0.15) is 5.70 Å². The lowest BCUT2D eigenvalue weighted by Gasteiger charge is -2.40. The number of cyclic esters (lactones) is 1. The van der Waals surface area contributed by atoms with Crippen molar-refractivity contribution in [1.82, 2.24) is 10.2 Å². The molecule has 0 unspecified atom stereocenters. The van der Waals surface area contributed by atoms with Crippen molar-refractivity contribution in [2.24, 2.45) is 11.8 Å². The van der Waals surface area contributed by atoms with Crippen LogP contribution >= 0.6 is 0 Å². The van der Waals surface area contributed by atoms with Crippen LogP contribution in [0.3, 0.4) is 0 Å². The number of benzene rings is 2. The number of esters is 1. The molecule has 3 heterocycles. The molecule has 1 aliphatic carbocycles. The molecule has 1 saturated heterocycles. The van der Waals surface area contributed by atoms with Gasteiger partial charge in [0.25, 0.3) is 20.1 Å². The number of nitrogens with zero attached hydrogens (tertiary/aromatic N) is 1. The molecular formula is C34H42N2O10Si. The number of ether oxygens (including phenoxy) is 6. The third kappa shape index (κ3) is 5.58. The molecule has 1 fully saturated rings. The van der Waals surface area contributed by atoms with Crippen molar-refractivity contribution in [3.8, 4) is 28.7 Å². The van der Waals surface area contributed by atoms with E-state index in [1.165, 1.54) is 13.2 Å². The Balaban J connectivity index is 1.46. The summed E-state index contributed by atoms with van der Waals surface area (Å²) < 4.78 is 40.9. The average Bonchev–Trinajstić information content (AvgIpc) is 3.71. The topological polar surface area (TPSA) is 131 Å². The lowest BCUT2D eigenvalue weighted by Crippen LogP contribution is -2.44. The van der Waals surface area contributed by atoms with Crippen LogP contribution in [0.25, 0.3) is 0 Å². The highest BCUT2D eigenvalue weighted by molar-refractivity contribution is 6.74. The van der Waals surface area contributed by atoms with Gasteiger partial charge in [-0.05, 0) is 59.1 Å². The SMILES string of the molecule is COCCN1C(=O)C=C(N[C@@H]2c3cc4c(cc3[C@@H](c3cc(OC)c(O[Si](C)(C)C(C)(C)C)c(OC)c3)[C@H]3C(=O)OC[C@@H]32)OCO4)C1=O. The standard InChI is InChI=1S/C34H42N2O10Si/c1-34(2,3)47(7,8)46-31-25(41-5)11-18(12-26(31)42-6)28-19-13-23-24(45-17-44-23)14-20(19)30(21-16-43-33(39)29(21)28)35-22-15-27(37)36(32(22)38)9-10-40-4/h11-15,21,28-30,35H,9-10,16-17H2,1-8H3/t21-,28+,29-,30+/m0/s1. The molecule has 6 rings (SSSR count). The summed E-state index contributed by atoms with van der Waals surface area (Å²) in [4.78, 5) is 40.8. The largest absolute Gasteiger partial charge is 0.539 e. The van der Waals surface area contributed by atoms with E-state index in [9.17, 15) is 14.4 Å². The Morgan fingerprint density at radius 1 is 0.936 bits per heavy atom. The fourth-order valence-electron chi connectivity index (χ4n) is 6.51. The highest BCUT2D eigenvalue weighted by Gasteiger charge is 2.53. The number of rotatable bonds is 10. The zero-order chi connectivity index (χ0) is 33.8. The third-order valence-electron chi connectivity index (χ3n) is 10.0. The van der Waals surface area contributed by atoms with Gasteiger partial charge in [0, 0.05) is 25.0 Å². The molecule has 2 aromatic rings. The van der Waals surface area contributed by atoms with E-state index in [1.807, 2.05) is 24.3 Å². The highest BCUT2D eigenvalue weighted by Crippen LogP contribution is 2.56. The summed E-state index contributed by atoms with van der Waals surface area (Å²) in [6, 6.07) is 7.02. The van der Waals surface area contributed by atoms with Crippen molar-refractivity contribution in [2.45, 2.75) is 50.9 Å². The molecule has 2 aromatic carbocycles. The number of fused-ring (bicyclic) bond motifs is 3. The molecule has 4 atom stereocenters. The predicted octanol–water partition coefficient (Wildman–Crippen LogP) is 4.28. The maximum Gasteiger partial charge on any atom is 0.310 e. The second-order valence-electron chi connectivity index (χ2n) is 13.7. The highest BCUT2D eigenvalue weighted by atomic mass is 28.4. The van der Waals surface area contributed by atoms with Crippen molar-refractivity contribution in [1.29, 1.82) is 0 Å². The lowest BCUT2D eigenvalue weighted by atomic mass is 9.65. The number of hydrogen-bond acceptors (Lipinski definition) is 11. The van der Waals surface area contributed by atoms with Crippen molar-refractivity contribution in [3.63, 3.8) is 0 Å². The van der Waals surface area contributed by atoms with E-state index in [-0.39, 0.29) is 43.3 Å². The number of nitrogens with one attached hydrogen (secondary N) is 1. The zero-order valence-corrected chi connectivity index (χ0v) is 29.1. The van der Waals surface area contributed by atoms with Crippen LogP contribution in [0.1, 0.15) is 49.4 Å². The van der Waals surface area contributed by atoms with Gasteiger partial charge in [-0.15, -0.1) is 0 Å². The van der Waals surface area contributed by atoms with E-state index in [2.05, 4.69) is 39.2 Å². The van der Waals surface area contributed by atoms with Gasteiger partial charge in [-0.2, -0.15) is 0 Å². The van der Waals surface area contributed by atoms with Gasteiger partial charge in [0.15, 0.2) is 28.7 Å². The van der Waals surface area contributed by atoms with Crippen LogP contribution < -0.4 is 28.7 Å². The van der Waals surface area contributed by atoms with Gasteiger partial charge in [0.05, 0.1) is 45.9 Å². The van der Waals surface area contributed by atoms with E-state index in [0.29, 0.717) is 28.7 Å². The molecule has 13 heteroatoms. The maximum absolute atomic E-state index is 13.6. The van der Waals surface area contributed by atoms with E-state index < -0.39 is 43.9 Å². The summed E-state index contributed by atoms with van der Waals surface area (Å²) in [6.07, 6.45) is 1.29. The minimum atomic E-state index is -2.29. The normalized spacial score (nSPS) is 23.3. The number of amides is 2. The Hall–Kier alpha value is -4.23. The Labute approximate surface area is 275 Å². The first kappa shape index (κ1) is 32.7. The number of methoxy groups -OCH3 is 3. The summed E-state index contributed by atoms with van der Waals surface area (Å²) in [5.74, 6) is -0.162. The first-order valence-electron chi connectivity index (χ1n) is 15.7. The Morgan fingerprint density at radius 2 is 1.57 bits per heavy atom. The van der Waals surface area contributed by atoms with Crippen LogP contribution in [-0.4, -0.2) is 78.9 Å².